The Kier molecular flexibility index (Phi) is 28.2. The van der Waals surface area contributed by atoms with E-state index in [0.29, 0.717) is 64.2 Å². The van der Waals surface area contributed by atoms with E-state index in [1.54, 1.807) is 6.20 Å². The second kappa shape index (κ2) is 28.7. The third-order valence-corrected chi connectivity index (χ3v) is 7.36. The first kappa shape index (κ1) is 49.2. The van der Waals surface area contributed by atoms with Crippen molar-refractivity contribution >= 4 is 52.7 Å². The van der Waals surface area contributed by atoms with Gasteiger partial charge in [-0.2, -0.15) is 0 Å². The first-order chi connectivity index (χ1) is 22.6. The normalized spacial score (nSPS) is 11.5. The first-order valence-corrected chi connectivity index (χ1v) is 16.4. The zero-order valence-corrected chi connectivity index (χ0v) is 31.0. The number of nitrogens with one attached hydrogen (secondary N) is 6. The number of benzene rings is 1. The molecule has 3 amide bonds. The number of carbonyl (C=O) groups is 4. The summed E-state index contributed by atoms with van der Waals surface area (Å²) >= 11 is 12.3. The van der Waals surface area contributed by atoms with Gasteiger partial charge in [-0.15, -0.1) is 0 Å². The van der Waals surface area contributed by atoms with Gasteiger partial charge in [0.1, 0.15) is 11.9 Å². The molecular formula is C31H47Cl2N9O7Tc+3. The SMILES string of the molecule is NCCNCC(CNCCN)CC(=O)NC[C@H](NC(=O)CCCCNc1ccccn1)C(=O)NC(CC(=O)O)c1cc(Cl)cc(Cl)c1.[99Tc+7].[O-2].[O-2]. The van der Waals surface area contributed by atoms with Crippen molar-refractivity contribution in [3.8, 4) is 0 Å². The Morgan fingerprint density at radius 3 is 2.02 bits per heavy atom. The van der Waals surface area contributed by atoms with Gasteiger partial charge in [0.2, 0.25) is 17.7 Å². The number of rotatable bonds is 24. The summed E-state index contributed by atoms with van der Waals surface area (Å²) in [5, 5.41) is 27.8. The summed E-state index contributed by atoms with van der Waals surface area (Å²) < 4.78 is 0. The number of nitrogens with two attached hydrogens (primary N) is 2. The number of amides is 3. The number of halogens is 2. The van der Waals surface area contributed by atoms with Crippen molar-refractivity contribution in [3.05, 3.63) is 58.2 Å². The fraction of sp³-hybridized carbons (Fsp3) is 0.516. The van der Waals surface area contributed by atoms with Crippen molar-refractivity contribution in [1.82, 2.24) is 31.6 Å². The number of hydrogen-bond donors (Lipinski definition) is 9. The van der Waals surface area contributed by atoms with Crippen LogP contribution in [0.15, 0.2) is 42.6 Å². The third-order valence-electron chi connectivity index (χ3n) is 6.92. The van der Waals surface area contributed by atoms with E-state index in [0.717, 1.165) is 5.82 Å². The van der Waals surface area contributed by atoms with Crippen LogP contribution in [0.25, 0.3) is 0 Å². The molecule has 0 aliphatic heterocycles. The summed E-state index contributed by atoms with van der Waals surface area (Å²) in [7, 11) is 0. The first-order valence-electron chi connectivity index (χ1n) is 15.6. The van der Waals surface area contributed by atoms with Gasteiger partial charge in [-0.05, 0) is 67.7 Å². The molecule has 276 valence electrons. The molecule has 0 radical (unpaired) electrons. The van der Waals surface area contributed by atoms with Crippen LogP contribution in [0.3, 0.4) is 0 Å². The Bertz CT molecular complexity index is 1240. The zero-order chi connectivity index (χ0) is 34.4. The fourth-order valence-electron chi connectivity index (χ4n) is 4.63. The molecule has 1 heterocycles. The van der Waals surface area contributed by atoms with E-state index in [-0.39, 0.29) is 72.3 Å². The van der Waals surface area contributed by atoms with Crippen molar-refractivity contribution in [2.45, 2.75) is 44.2 Å². The predicted molar refractivity (Wildman–Crippen MR) is 184 cm³/mol. The third kappa shape index (κ3) is 21.3. The summed E-state index contributed by atoms with van der Waals surface area (Å²) in [5.74, 6) is -1.92. The number of hydrogen-bond acceptors (Lipinski definition) is 10. The number of carboxylic acid groups (broad SMARTS) is 1. The minimum atomic E-state index is -1.19. The molecule has 2 rings (SSSR count). The van der Waals surface area contributed by atoms with Crippen LogP contribution in [-0.4, -0.2) is 92.2 Å². The van der Waals surface area contributed by atoms with Gasteiger partial charge >= 0.3 is 26.1 Å². The number of unbranched alkanes of at least 4 members (excludes halogenated alkanes) is 1. The molecule has 1 aromatic heterocycles. The van der Waals surface area contributed by atoms with Gasteiger partial charge in [0.15, 0.2) is 0 Å². The Balaban J connectivity index is 0. The maximum absolute atomic E-state index is 13.5. The van der Waals surface area contributed by atoms with Gasteiger partial charge in [0, 0.05) is 68.4 Å². The molecule has 0 bridgehead atoms. The standard InChI is InChI=1S/C31H47Cl2N9O5.2O.Tc/c32-23-14-22(15-24(33)16-23)25(17-30(45)46)42-31(47)26(41-28(43)6-2-4-10-39-27-5-1-3-9-38-27)20-40-29(44)13-21(18-36-11-7-34)19-37-12-8-35;;;/h1,3,5,9,14-16,21,25-26,36-37H,2,4,6-8,10-13,17-20,34-35H2,(H,38,39)(H,40,44)(H,41,43)(H,42,47)(H,45,46);;;/q;2*-2;+7/t25?,26-;;;/m0.../s1/i;;;1+1. The minimum absolute atomic E-state index is 0. The van der Waals surface area contributed by atoms with Crippen LogP contribution in [0.5, 0.6) is 0 Å². The second-order valence-electron chi connectivity index (χ2n) is 10.9. The van der Waals surface area contributed by atoms with Gasteiger partial charge in [-0.3, -0.25) is 19.2 Å². The van der Waals surface area contributed by atoms with E-state index in [1.807, 2.05) is 18.2 Å². The van der Waals surface area contributed by atoms with Gasteiger partial charge < -0.3 is 59.4 Å². The number of aliphatic carboxylic acids is 1. The van der Waals surface area contributed by atoms with Crippen molar-refractivity contribution < 1.29 is 55.3 Å². The van der Waals surface area contributed by atoms with Crippen LogP contribution in [0, 0.1) is 5.92 Å². The van der Waals surface area contributed by atoms with Crippen LogP contribution in [0.1, 0.15) is 43.7 Å². The maximum atomic E-state index is 13.5. The summed E-state index contributed by atoms with van der Waals surface area (Å²) in [6, 6.07) is 7.84. The average molecular weight is 828 g/mol. The molecule has 0 saturated carbocycles. The number of aromatic nitrogens is 1. The smallest absolute Gasteiger partial charge is 2.00 e. The Morgan fingerprint density at radius 1 is 0.820 bits per heavy atom. The second-order valence-corrected chi connectivity index (χ2v) is 11.8. The minimum Gasteiger partial charge on any atom is -2.00 e. The molecule has 50 heavy (non-hydrogen) atoms. The van der Waals surface area contributed by atoms with E-state index in [2.05, 4.69) is 36.9 Å². The summed E-state index contributed by atoms with van der Waals surface area (Å²) in [6.45, 7) is 3.56. The number of carboxylic acids is 1. The Labute approximate surface area is 315 Å². The molecule has 2 aromatic rings. The zero-order valence-electron chi connectivity index (χ0n) is 27.6. The van der Waals surface area contributed by atoms with Crippen LogP contribution in [0.4, 0.5) is 5.82 Å². The van der Waals surface area contributed by atoms with Gasteiger partial charge in [0.25, 0.3) is 0 Å². The fourth-order valence-corrected chi connectivity index (χ4v) is 5.17. The Hall–Kier alpha value is -2.96. The molecule has 0 aliphatic carbocycles. The molecular weight excluding hydrogens is 780 g/mol. The van der Waals surface area contributed by atoms with Crippen LogP contribution >= 0.6 is 23.2 Å². The maximum Gasteiger partial charge on any atom is 7.00 e. The molecule has 0 spiro atoms. The monoisotopic (exact) mass is 826 g/mol. The largest absolute Gasteiger partial charge is 7.00 e. The summed E-state index contributed by atoms with van der Waals surface area (Å²) in [6.07, 6.45) is 2.69. The van der Waals surface area contributed by atoms with Gasteiger partial charge in [-0.1, -0.05) is 29.3 Å². The van der Waals surface area contributed by atoms with E-state index >= 15 is 0 Å². The van der Waals surface area contributed by atoms with Crippen molar-refractivity contribution in [3.63, 3.8) is 0 Å². The number of nitrogens with zero attached hydrogens (tertiary/aromatic N) is 1. The average Bonchev–Trinajstić information content (AvgIpc) is 3.02. The predicted octanol–water partition coefficient (Wildman–Crippen LogP) is 0.767. The molecule has 16 nitrogen and oxygen atoms in total. The molecule has 0 saturated heterocycles. The Morgan fingerprint density at radius 2 is 1.46 bits per heavy atom. The van der Waals surface area contributed by atoms with E-state index in [4.69, 9.17) is 34.7 Å². The number of pyridine rings is 1. The van der Waals surface area contributed by atoms with Crippen LogP contribution in [-0.2, 0) is 50.2 Å². The molecule has 0 fully saturated rings. The van der Waals surface area contributed by atoms with Crippen LogP contribution < -0.4 is 43.4 Å². The van der Waals surface area contributed by atoms with E-state index in [1.165, 1.54) is 18.2 Å². The van der Waals surface area contributed by atoms with Gasteiger partial charge in [0.05, 0.1) is 12.5 Å². The molecule has 2 atom stereocenters. The van der Waals surface area contributed by atoms with Crippen LogP contribution in [0.2, 0.25) is 10.0 Å². The molecule has 1 unspecified atom stereocenters. The number of carbonyl (C=O) groups excluding carboxylic acids is 3. The molecule has 19 heteroatoms. The van der Waals surface area contributed by atoms with Gasteiger partial charge in [-0.25, -0.2) is 4.98 Å². The summed E-state index contributed by atoms with van der Waals surface area (Å²) in [4.78, 5) is 55.3. The quantitative estimate of drug-likeness (QED) is 0.0667. The summed E-state index contributed by atoms with van der Waals surface area (Å²) in [5.41, 5.74) is 11.5. The van der Waals surface area contributed by atoms with Crippen molar-refractivity contribution in [2.75, 3.05) is 57.7 Å². The number of anilines is 1. The molecule has 11 N–H and O–H groups in total. The molecule has 0 aliphatic rings. The van der Waals surface area contributed by atoms with E-state index < -0.39 is 36.3 Å². The van der Waals surface area contributed by atoms with Crippen molar-refractivity contribution in [2.24, 2.45) is 17.4 Å². The van der Waals surface area contributed by atoms with E-state index in [9.17, 15) is 24.3 Å². The topological polar surface area (TPSA) is 283 Å². The van der Waals surface area contributed by atoms with Crippen molar-refractivity contribution in [1.29, 1.82) is 0 Å². The molecule has 1 aromatic carbocycles.